The zero-order chi connectivity index (χ0) is 61.2. The molecular formula is C73H83N9O7. The SMILES string of the molecule is COc1ccccc1CCNC(=O)c1nn(-c2ccccc2)c2c1CCCC2.COc1ccccc1CCNC(=O)c1nn(Cc2ccccc2)c2c1CCCC2.O=C(NC1C2CC3CC(C2)CC1C3)c1nn(Cc2ccccc2)c2c1CC(C(=O)O)CC2. The van der Waals surface area contributed by atoms with E-state index in [1.807, 2.05) is 129 Å². The lowest BCUT2D eigenvalue weighted by atomic mass is 9.54. The highest BCUT2D eigenvalue weighted by molar-refractivity contribution is 5.95. The van der Waals surface area contributed by atoms with Crippen LogP contribution in [0.5, 0.6) is 11.5 Å². The molecule has 4 saturated carbocycles. The Bertz CT molecular complexity index is 3730. The second kappa shape index (κ2) is 28.1. The number of nitrogens with zero attached hydrogens (tertiary/aromatic N) is 6. The number of carbonyl (C=O) groups is 4. The third-order valence-electron chi connectivity index (χ3n) is 19.4. The van der Waals surface area contributed by atoms with E-state index in [1.54, 1.807) is 14.2 Å². The maximum Gasteiger partial charge on any atom is 0.306 e. The molecule has 4 bridgehead atoms. The minimum atomic E-state index is -0.779. The number of methoxy groups -OCH3 is 2. The molecule has 5 aromatic carbocycles. The van der Waals surface area contributed by atoms with Crippen LogP contribution >= 0.6 is 0 Å². The van der Waals surface area contributed by atoms with Crippen molar-refractivity contribution in [1.82, 2.24) is 45.3 Å². The number of rotatable bonds is 18. The molecule has 3 aromatic heterocycles. The van der Waals surface area contributed by atoms with Gasteiger partial charge in [0.25, 0.3) is 17.7 Å². The number of amides is 3. The van der Waals surface area contributed by atoms with E-state index in [0.717, 1.165) is 132 Å². The van der Waals surface area contributed by atoms with Gasteiger partial charge in [0.2, 0.25) is 0 Å². The van der Waals surface area contributed by atoms with Crippen molar-refractivity contribution in [1.29, 1.82) is 0 Å². The number of nitrogens with one attached hydrogen (secondary N) is 3. The summed E-state index contributed by atoms with van der Waals surface area (Å²) in [7, 11) is 3.34. The molecule has 0 saturated heterocycles. The fraction of sp³-hybridized carbons (Fsp3) is 0.411. The number of hydrogen-bond donors (Lipinski definition) is 4. The Morgan fingerprint density at radius 2 is 0.955 bits per heavy atom. The first-order chi connectivity index (χ1) is 43.6. The summed E-state index contributed by atoms with van der Waals surface area (Å²) in [5.41, 5.74) is 13.6. The summed E-state index contributed by atoms with van der Waals surface area (Å²) in [6, 6.07) is 46.5. The lowest BCUT2D eigenvalue weighted by Gasteiger charge is -2.54. The zero-order valence-electron chi connectivity index (χ0n) is 51.4. The number of fused-ring (bicyclic) bond motifs is 3. The van der Waals surface area contributed by atoms with Gasteiger partial charge in [0.15, 0.2) is 17.1 Å². The number of ether oxygens (including phenoxy) is 2. The summed E-state index contributed by atoms with van der Waals surface area (Å²) in [5, 5.41) is 33.3. The van der Waals surface area contributed by atoms with Crippen molar-refractivity contribution in [2.24, 2.45) is 29.6 Å². The van der Waals surface area contributed by atoms with Gasteiger partial charge in [0.1, 0.15) is 11.5 Å². The standard InChI is InChI=1S/C26H31N3O3.C24H27N3O2.C23H25N3O2/c30-25(27-23-19-9-16-8-17(11-19)12-20(23)10-16)24-21-13-18(26(31)32)6-7-22(21)29(28-24)14-15-4-2-1-3-5-15;1-29-22-14-8-5-11-19(22)15-16-25-24(28)23-20-12-6-7-13-21(20)27(26-23)17-18-9-3-2-4-10-18;1-28-21-14-8-5-9-17(21)15-16-24-23(27)22-19-12-6-7-13-20(19)26(25-22)18-10-3-2-4-11-18/h1-5,16-20,23H,6-14H2,(H,27,30)(H,31,32);2-5,8-11,14H,6-7,12-13,15-17H2,1H3,(H,25,28);2-5,8-11,14H,6-7,12-13,15-16H2,1H3,(H,24,27). The van der Waals surface area contributed by atoms with Crippen molar-refractivity contribution in [2.45, 2.75) is 135 Å². The normalized spacial score (nSPS) is 20.0. The van der Waals surface area contributed by atoms with E-state index in [2.05, 4.69) is 40.2 Å². The predicted octanol–water partition coefficient (Wildman–Crippen LogP) is 11.2. The van der Waals surface area contributed by atoms with E-state index in [0.29, 0.717) is 74.4 Å². The first-order valence-corrected chi connectivity index (χ1v) is 32.3. The van der Waals surface area contributed by atoms with E-state index >= 15 is 0 Å². The second-order valence-corrected chi connectivity index (χ2v) is 25.1. The summed E-state index contributed by atoms with van der Waals surface area (Å²) in [5.74, 6) is 3.13. The number of hydrogen-bond acceptors (Lipinski definition) is 9. The minimum Gasteiger partial charge on any atom is -0.496 e. The Hall–Kier alpha value is -8.79. The van der Waals surface area contributed by atoms with Gasteiger partial charge in [-0.25, -0.2) is 4.68 Å². The molecule has 7 aliphatic carbocycles. The molecule has 89 heavy (non-hydrogen) atoms. The Kier molecular flexibility index (Phi) is 19.1. The highest BCUT2D eigenvalue weighted by atomic mass is 16.5. The molecule has 4 fully saturated rings. The Morgan fingerprint density at radius 1 is 0.506 bits per heavy atom. The molecule has 15 rings (SSSR count). The summed E-state index contributed by atoms with van der Waals surface area (Å²) < 4.78 is 16.7. The predicted molar refractivity (Wildman–Crippen MR) is 342 cm³/mol. The van der Waals surface area contributed by atoms with Gasteiger partial charge < -0.3 is 30.5 Å². The van der Waals surface area contributed by atoms with E-state index in [9.17, 15) is 24.3 Å². The van der Waals surface area contributed by atoms with E-state index in [-0.39, 0.29) is 23.8 Å². The molecular weight excluding hydrogens is 1110 g/mol. The number of benzene rings is 5. The average Bonchev–Trinajstić information content (AvgIpc) is 1.83. The van der Waals surface area contributed by atoms with Crippen molar-refractivity contribution in [2.75, 3.05) is 27.3 Å². The average molecular weight is 1200 g/mol. The lowest BCUT2D eigenvalue weighted by molar-refractivity contribution is -0.142. The number of aromatic nitrogens is 6. The maximum atomic E-state index is 13.5. The Morgan fingerprint density at radius 3 is 1.48 bits per heavy atom. The van der Waals surface area contributed by atoms with Crippen molar-refractivity contribution in [3.05, 3.63) is 213 Å². The van der Waals surface area contributed by atoms with Crippen LogP contribution in [-0.4, -0.2) is 91.5 Å². The molecule has 0 aliphatic heterocycles. The van der Waals surface area contributed by atoms with Crippen LogP contribution in [0.3, 0.4) is 0 Å². The lowest BCUT2D eigenvalue weighted by Crippen LogP contribution is -2.56. The van der Waals surface area contributed by atoms with Gasteiger partial charge in [-0.3, -0.25) is 28.5 Å². The fourth-order valence-corrected chi connectivity index (χ4v) is 15.3. The summed E-state index contributed by atoms with van der Waals surface area (Å²) >= 11 is 0. The third-order valence-corrected chi connectivity index (χ3v) is 19.4. The molecule has 8 aromatic rings. The van der Waals surface area contributed by atoms with Crippen LogP contribution < -0.4 is 25.4 Å². The Labute approximate surface area is 521 Å². The molecule has 3 heterocycles. The van der Waals surface area contributed by atoms with Crippen LogP contribution in [0.2, 0.25) is 0 Å². The molecule has 1 unspecified atom stereocenters. The molecule has 4 N–H and O–H groups in total. The number of carboxylic acid groups (broad SMARTS) is 1. The molecule has 3 amide bonds. The van der Waals surface area contributed by atoms with Crippen LogP contribution in [0.15, 0.2) is 140 Å². The summed E-state index contributed by atoms with van der Waals surface area (Å²) in [6.07, 6.45) is 17.8. The molecule has 7 aliphatic rings. The molecule has 0 radical (unpaired) electrons. The fourth-order valence-electron chi connectivity index (χ4n) is 15.3. The maximum absolute atomic E-state index is 13.5. The van der Waals surface area contributed by atoms with Crippen LogP contribution in [0, 0.1) is 29.6 Å². The smallest absolute Gasteiger partial charge is 0.306 e. The second-order valence-electron chi connectivity index (χ2n) is 25.1. The number of carboxylic acids is 1. The number of para-hydroxylation sites is 3. The molecule has 0 spiro atoms. The van der Waals surface area contributed by atoms with Crippen LogP contribution in [0.4, 0.5) is 0 Å². The third kappa shape index (κ3) is 13.9. The van der Waals surface area contributed by atoms with E-state index in [1.165, 1.54) is 49.1 Å². The minimum absolute atomic E-state index is 0.0788. The van der Waals surface area contributed by atoms with Gasteiger partial charge in [-0.1, -0.05) is 115 Å². The Balaban J connectivity index is 0.000000130. The van der Waals surface area contributed by atoms with Crippen LogP contribution in [0.1, 0.15) is 152 Å². The topological polar surface area (TPSA) is 197 Å². The van der Waals surface area contributed by atoms with Crippen molar-refractivity contribution in [3.8, 4) is 17.2 Å². The zero-order valence-corrected chi connectivity index (χ0v) is 51.4. The first kappa shape index (κ1) is 60.5. The van der Waals surface area contributed by atoms with Gasteiger partial charge in [-0.2, -0.15) is 15.3 Å². The monoisotopic (exact) mass is 1200 g/mol. The van der Waals surface area contributed by atoms with Gasteiger partial charge in [0.05, 0.1) is 38.9 Å². The van der Waals surface area contributed by atoms with Crippen LogP contribution in [0.25, 0.3) is 5.69 Å². The van der Waals surface area contributed by atoms with Crippen molar-refractivity contribution < 1.29 is 33.8 Å². The van der Waals surface area contributed by atoms with Gasteiger partial charge in [-0.15, -0.1) is 0 Å². The highest BCUT2D eigenvalue weighted by Gasteiger charge is 2.49. The molecule has 462 valence electrons. The van der Waals surface area contributed by atoms with E-state index < -0.39 is 11.9 Å². The number of carbonyl (C=O) groups excluding carboxylic acids is 3. The van der Waals surface area contributed by atoms with Gasteiger partial charge in [0, 0.05) is 52.9 Å². The van der Waals surface area contributed by atoms with Crippen molar-refractivity contribution in [3.63, 3.8) is 0 Å². The molecule has 16 nitrogen and oxygen atoms in total. The summed E-state index contributed by atoms with van der Waals surface area (Å²) in [6.45, 7) is 2.41. The van der Waals surface area contributed by atoms with Gasteiger partial charge >= 0.3 is 5.97 Å². The quantitative estimate of drug-likeness (QED) is 0.0642. The van der Waals surface area contributed by atoms with Crippen molar-refractivity contribution >= 4 is 23.7 Å². The highest BCUT2D eigenvalue weighted by Crippen LogP contribution is 2.54. The molecule has 1 atom stereocenters. The molecule has 16 heteroatoms. The van der Waals surface area contributed by atoms with E-state index in [4.69, 9.17) is 24.8 Å². The summed E-state index contributed by atoms with van der Waals surface area (Å²) in [4.78, 5) is 51.0. The van der Waals surface area contributed by atoms with Gasteiger partial charge in [-0.05, 0) is 186 Å². The van der Waals surface area contributed by atoms with Crippen LogP contribution in [-0.2, 0) is 69.3 Å². The first-order valence-electron chi connectivity index (χ1n) is 32.3. The largest absolute Gasteiger partial charge is 0.496 e. The number of aliphatic carboxylic acids is 1.